The summed E-state index contributed by atoms with van der Waals surface area (Å²) in [7, 11) is 0. The molecule has 0 amide bonds. The molecule has 0 aliphatic carbocycles. The Morgan fingerprint density at radius 2 is 2.19 bits per heavy atom. The van der Waals surface area contributed by atoms with Gasteiger partial charge in [0.15, 0.2) is 5.82 Å². The van der Waals surface area contributed by atoms with Crippen molar-refractivity contribution in [2.24, 2.45) is 0 Å². The van der Waals surface area contributed by atoms with Crippen molar-refractivity contribution in [2.75, 3.05) is 23.9 Å². The summed E-state index contributed by atoms with van der Waals surface area (Å²) < 4.78 is 52.7. The largest absolute Gasteiger partial charge is 0.382 e. The molecule has 0 fully saturated rings. The fraction of sp³-hybridized carbons (Fsp3) is 0.571. The fourth-order valence-corrected chi connectivity index (χ4v) is 2.42. The van der Waals surface area contributed by atoms with Crippen LogP contribution in [0, 0.1) is 0 Å². The molecular formula is C7H9F4N3S2. The molecule has 9 heteroatoms. The van der Waals surface area contributed by atoms with Gasteiger partial charge in [0.2, 0.25) is 0 Å². The van der Waals surface area contributed by atoms with Crippen molar-refractivity contribution < 1.29 is 17.6 Å². The van der Waals surface area contributed by atoms with Gasteiger partial charge in [-0.1, -0.05) is 0 Å². The number of hydrogen-bond donors (Lipinski definition) is 2. The fourth-order valence-electron chi connectivity index (χ4n) is 0.879. The number of nitrogens with two attached hydrogens (primary N) is 1. The molecule has 0 aliphatic rings. The van der Waals surface area contributed by atoms with Crippen molar-refractivity contribution in [2.45, 2.75) is 17.2 Å². The maximum atomic E-state index is 12.6. The van der Waals surface area contributed by atoms with E-state index < -0.39 is 18.9 Å². The molecule has 3 N–H and O–H groups in total. The van der Waals surface area contributed by atoms with Crippen LogP contribution in [-0.2, 0) is 0 Å². The number of halogens is 4. The van der Waals surface area contributed by atoms with E-state index in [1.807, 2.05) is 0 Å². The van der Waals surface area contributed by atoms with E-state index in [1.54, 1.807) is 6.26 Å². The van der Waals surface area contributed by atoms with Crippen LogP contribution in [0.5, 0.6) is 0 Å². The third kappa shape index (κ3) is 2.91. The van der Waals surface area contributed by atoms with Crippen molar-refractivity contribution in [3.05, 3.63) is 0 Å². The number of aromatic nitrogens is 1. The van der Waals surface area contributed by atoms with E-state index in [0.29, 0.717) is 4.90 Å². The number of anilines is 2. The first-order valence-corrected chi connectivity index (χ1v) is 6.07. The molecule has 0 spiro atoms. The van der Waals surface area contributed by atoms with E-state index in [1.165, 1.54) is 11.8 Å². The second-order valence-corrected chi connectivity index (χ2v) is 4.44. The molecule has 0 saturated carbocycles. The van der Waals surface area contributed by atoms with Crippen molar-refractivity contribution in [3.8, 4) is 0 Å². The third-order valence-electron chi connectivity index (χ3n) is 1.68. The van der Waals surface area contributed by atoms with Gasteiger partial charge in [-0.3, -0.25) is 0 Å². The van der Waals surface area contributed by atoms with Gasteiger partial charge in [0.25, 0.3) is 0 Å². The summed E-state index contributed by atoms with van der Waals surface area (Å²) in [6, 6.07) is 0. The lowest BCUT2D eigenvalue weighted by atomic mass is 10.3. The topological polar surface area (TPSA) is 50.9 Å². The summed E-state index contributed by atoms with van der Waals surface area (Å²) in [5, 5.41) is 2.51. The number of nitrogens with one attached hydrogen (secondary N) is 1. The Kier molecular flexibility index (Phi) is 4.25. The lowest BCUT2D eigenvalue weighted by molar-refractivity contribution is -0.117. The van der Waals surface area contributed by atoms with E-state index in [2.05, 4.69) is 9.69 Å². The molecule has 0 aliphatic heterocycles. The number of thioether (sulfide) groups is 1. The zero-order valence-electron chi connectivity index (χ0n) is 8.14. The van der Waals surface area contributed by atoms with Gasteiger partial charge in [-0.2, -0.15) is 13.2 Å². The van der Waals surface area contributed by atoms with Gasteiger partial charge >= 0.3 is 12.3 Å². The normalized spacial score (nSPS) is 12.1. The number of rotatable bonds is 5. The highest BCUT2D eigenvalue weighted by molar-refractivity contribution is 7.99. The molecule has 1 rings (SSSR count). The summed E-state index contributed by atoms with van der Waals surface area (Å²) in [6.07, 6.45) is -2.00. The number of nitrogens with zero attached hydrogens (tertiary/aromatic N) is 1. The van der Waals surface area contributed by atoms with Crippen LogP contribution in [0.2, 0.25) is 0 Å². The van der Waals surface area contributed by atoms with Crippen LogP contribution in [0.25, 0.3) is 0 Å². The molecule has 16 heavy (non-hydrogen) atoms. The quantitative estimate of drug-likeness (QED) is 0.641. The molecule has 0 radical (unpaired) electrons. The van der Waals surface area contributed by atoms with Crippen LogP contribution >= 0.6 is 23.3 Å². The van der Waals surface area contributed by atoms with E-state index in [0.717, 1.165) is 11.5 Å². The molecule has 0 bridgehead atoms. The van der Waals surface area contributed by atoms with Crippen LogP contribution in [-0.4, -0.2) is 29.5 Å². The van der Waals surface area contributed by atoms with Crippen molar-refractivity contribution in [1.82, 2.24) is 4.37 Å². The minimum absolute atomic E-state index is 0.209. The predicted molar refractivity (Wildman–Crippen MR) is 57.7 cm³/mol. The van der Waals surface area contributed by atoms with E-state index >= 15 is 0 Å². The molecule has 0 unspecified atom stereocenters. The first-order chi connectivity index (χ1) is 7.38. The van der Waals surface area contributed by atoms with Gasteiger partial charge in [-0.05, 0) is 17.8 Å². The maximum Gasteiger partial charge on any atom is 0.324 e. The summed E-state index contributed by atoms with van der Waals surface area (Å²) in [5.74, 6) is -3.85. The predicted octanol–water partition coefficient (Wildman–Crippen LogP) is 2.76. The lowest BCUT2D eigenvalue weighted by Crippen LogP contribution is -2.34. The van der Waals surface area contributed by atoms with Crippen LogP contribution in [0.15, 0.2) is 4.90 Å². The van der Waals surface area contributed by atoms with Gasteiger partial charge in [0.05, 0.1) is 11.4 Å². The SMILES string of the molecule is CSc1c(N)nsc1NCC(F)(F)C(F)F. The monoisotopic (exact) mass is 275 g/mol. The van der Waals surface area contributed by atoms with E-state index in [4.69, 9.17) is 5.73 Å². The number of nitrogen functional groups attached to an aromatic ring is 1. The zero-order chi connectivity index (χ0) is 12.3. The summed E-state index contributed by atoms with van der Waals surface area (Å²) in [5.41, 5.74) is 5.45. The molecule has 1 aromatic heterocycles. The van der Waals surface area contributed by atoms with Crippen LogP contribution in [0.3, 0.4) is 0 Å². The molecular weight excluding hydrogens is 266 g/mol. The van der Waals surface area contributed by atoms with Crippen LogP contribution in [0.1, 0.15) is 0 Å². The molecule has 3 nitrogen and oxygen atoms in total. The molecule has 0 aromatic carbocycles. The minimum Gasteiger partial charge on any atom is -0.382 e. The summed E-state index contributed by atoms with van der Waals surface area (Å²) in [4.78, 5) is 0.495. The smallest absolute Gasteiger partial charge is 0.324 e. The highest BCUT2D eigenvalue weighted by Gasteiger charge is 2.40. The van der Waals surface area contributed by atoms with E-state index in [9.17, 15) is 17.6 Å². The number of alkyl halides is 4. The van der Waals surface area contributed by atoms with Crippen molar-refractivity contribution in [3.63, 3.8) is 0 Å². The van der Waals surface area contributed by atoms with Gasteiger partial charge in [-0.25, -0.2) is 8.78 Å². The van der Waals surface area contributed by atoms with Crippen LogP contribution in [0.4, 0.5) is 28.4 Å². The second kappa shape index (κ2) is 5.09. The highest BCUT2D eigenvalue weighted by atomic mass is 32.2. The second-order valence-electron chi connectivity index (χ2n) is 2.85. The Hall–Kier alpha value is -0.700. The molecule has 92 valence electrons. The Morgan fingerprint density at radius 1 is 1.56 bits per heavy atom. The van der Waals surface area contributed by atoms with Crippen LogP contribution < -0.4 is 11.1 Å². The van der Waals surface area contributed by atoms with Gasteiger partial charge < -0.3 is 11.1 Å². The Balaban J connectivity index is 2.68. The summed E-state index contributed by atoms with van der Waals surface area (Å²) >= 11 is 2.08. The lowest BCUT2D eigenvalue weighted by Gasteiger charge is -2.15. The molecule has 0 atom stereocenters. The average molecular weight is 275 g/mol. The van der Waals surface area contributed by atoms with E-state index in [-0.39, 0.29) is 10.8 Å². The maximum absolute atomic E-state index is 12.6. The molecule has 1 aromatic rings. The highest BCUT2D eigenvalue weighted by Crippen LogP contribution is 2.35. The standard InChI is InChI=1S/C7H9F4N3S2/c1-15-3-4(12)14-16-5(3)13-2-7(10,11)6(8)9/h6,13H,2H2,1H3,(H2,12,14). The van der Waals surface area contributed by atoms with Crippen molar-refractivity contribution in [1.29, 1.82) is 0 Å². The number of hydrogen-bond acceptors (Lipinski definition) is 5. The van der Waals surface area contributed by atoms with Crippen molar-refractivity contribution >= 4 is 34.1 Å². The Bertz CT molecular complexity index is 355. The first-order valence-electron chi connectivity index (χ1n) is 4.07. The average Bonchev–Trinajstić information content (AvgIpc) is 2.56. The third-order valence-corrected chi connectivity index (χ3v) is 3.45. The van der Waals surface area contributed by atoms with Gasteiger partial charge in [0, 0.05) is 0 Å². The molecule has 0 saturated heterocycles. The molecule has 1 heterocycles. The minimum atomic E-state index is -4.06. The Labute approximate surface area is 97.6 Å². The first kappa shape index (κ1) is 13.4. The summed E-state index contributed by atoms with van der Waals surface area (Å²) in [6.45, 7) is -1.14. The van der Waals surface area contributed by atoms with Gasteiger partial charge in [-0.15, -0.1) is 11.8 Å². The zero-order valence-corrected chi connectivity index (χ0v) is 9.77. The van der Waals surface area contributed by atoms with Gasteiger partial charge in [0.1, 0.15) is 5.00 Å². The Morgan fingerprint density at radius 3 is 2.69 bits per heavy atom.